The van der Waals surface area contributed by atoms with Crippen molar-refractivity contribution in [1.82, 2.24) is 14.7 Å². The van der Waals surface area contributed by atoms with Crippen LogP contribution in [0.4, 0.5) is 13.2 Å². The standard InChI is InChI=1S/C16H18F3N3O2/c1-12(23)9-21(10-13-5-3-2-4-6-13)15(24)11-22-8-7-14(20-22)16(17,18)19/h2-8,12,23H,9-11H2,1H3/t12-/m0/s1. The van der Waals surface area contributed by atoms with E-state index in [-0.39, 0.29) is 19.6 Å². The fraction of sp³-hybridized carbons (Fsp3) is 0.375. The maximum absolute atomic E-state index is 12.6. The molecular formula is C16H18F3N3O2. The van der Waals surface area contributed by atoms with Gasteiger partial charge in [-0.3, -0.25) is 9.48 Å². The Labute approximate surface area is 137 Å². The summed E-state index contributed by atoms with van der Waals surface area (Å²) in [5, 5.41) is 12.9. The Morgan fingerprint density at radius 3 is 2.50 bits per heavy atom. The van der Waals surface area contributed by atoms with Crippen molar-refractivity contribution < 1.29 is 23.1 Å². The summed E-state index contributed by atoms with van der Waals surface area (Å²) < 4.78 is 38.6. The number of aliphatic hydroxyl groups is 1. The zero-order chi connectivity index (χ0) is 17.7. The number of benzene rings is 1. The Hall–Kier alpha value is -2.35. The molecule has 5 nitrogen and oxygen atoms in total. The van der Waals surface area contributed by atoms with Gasteiger partial charge in [0, 0.05) is 19.3 Å². The first-order chi connectivity index (χ1) is 11.3. The van der Waals surface area contributed by atoms with Crippen LogP contribution in [0, 0.1) is 0 Å². The Bertz CT molecular complexity index is 669. The van der Waals surface area contributed by atoms with Crippen LogP contribution >= 0.6 is 0 Å². The van der Waals surface area contributed by atoms with Crippen LogP contribution < -0.4 is 0 Å². The lowest BCUT2D eigenvalue weighted by atomic mass is 10.2. The smallest absolute Gasteiger partial charge is 0.392 e. The maximum atomic E-state index is 12.6. The summed E-state index contributed by atoms with van der Waals surface area (Å²) in [5.41, 5.74) is -0.177. The van der Waals surface area contributed by atoms with E-state index in [1.54, 1.807) is 6.92 Å². The molecule has 1 N–H and O–H groups in total. The number of rotatable bonds is 6. The first-order valence-corrected chi connectivity index (χ1v) is 7.36. The summed E-state index contributed by atoms with van der Waals surface area (Å²) >= 11 is 0. The van der Waals surface area contributed by atoms with E-state index in [1.165, 1.54) is 4.90 Å². The van der Waals surface area contributed by atoms with Gasteiger partial charge in [0.1, 0.15) is 6.54 Å². The number of aromatic nitrogens is 2. The highest BCUT2D eigenvalue weighted by molar-refractivity contribution is 5.76. The van der Waals surface area contributed by atoms with E-state index in [1.807, 2.05) is 30.3 Å². The number of carbonyl (C=O) groups excluding carboxylic acids is 1. The fourth-order valence-corrected chi connectivity index (χ4v) is 2.22. The van der Waals surface area contributed by atoms with E-state index in [4.69, 9.17) is 0 Å². The van der Waals surface area contributed by atoms with Crippen LogP contribution in [0.3, 0.4) is 0 Å². The summed E-state index contributed by atoms with van der Waals surface area (Å²) in [5.74, 6) is -0.420. The summed E-state index contributed by atoms with van der Waals surface area (Å²) in [6.45, 7) is 1.57. The molecule has 0 spiro atoms. The molecule has 1 aromatic heterocycles. The highest BCUT2D eigenvalue weighted by atomic mass is 19.4. The van der Waals surface area contributed by atoms with E-state index in [2.05, 4.69) is 5.10 Å². The number of alkyl halides is 3. The van der Waals surface area contributed by atoms with Crippen molar-refractivity contribution in [3.63, 3.8) is 0 Å². The van der Waals surface area contributed by atoms with E-state index in [9.17, 15) is 23.1 Å². The average molecular weight is 341 g/mol. The number of aliphatic hydroxyl groups excluding tert-OH is 1. The van der Waals surface area contributed by atoms with Crippen molar-refractivity contribution in [2.45, 2.75) is 32.3 Å². The molecule has 0 saturated heterocycles. The molecule has 2 aromatic rings. The first-order valence-electron chi connectivity index (χ1n) is 7.36. The van der Waals surface area contributed by atoms with E-state index < -0.39 is 23.9 Å². The Kier molecular flexibility index (Phi) is 5.61. The molecular weight excluding hydrogens is 323 g/mol. The number of hydrogen-bond acceptors (Lipinski definition) is 3. The molecule has 1 amide bonds. The quantitative estimate of drug-likeness (QED) is 0.877. The first kappa shape index (κ1) is 18.0. The van der Waals surface area contributed by atoms with Crippen LogP contribution in [0.2, 0.25) is 0 Å². The highest BCUT2D eigenvalue weighted by Gasteiger charge is 2.33. The zero-order valence-electron chi connectivity index (χ0n) is 13.1. The van der Waals surface area contributed by atoms with Gasteiger partial charge in [0.2, 0.25) is 5.91 Å². The molecule has 1 heterocycles. The average Bonchev–Trinajstić information content (AvgIpc) is 2.96. The number of carbonyl (C=O) groups is 1. The topological polar surface area (TPSA) is 58.4 Å². The van der Waals surface area contributed by atoms with Gasteiger partial charge in [0.05, 0.1) is 6.10 Å². The summed E-state index contributed by atoms with van der Waals surface area (Å²) in [6.07, 6.45) is -4.18. The van der Waals surface area contributed by atoms with Gasteiger partial charge >= 0.3 is 6.18 Å². The molecule has 1 aromatic carbocycles. The number of nitrogens with zero attached hydrogens (tertiary/aromatic N) is 3. The lowest BCUT2D eigenvalue weighted by Gasteiger charge is -2.24. The van der Waals surface area contributed by atoms with Crippen LogP contribution in [-0.4, -0.2) is 38.3 Å². The molecule has 0 aliphatic heterocycles. The van der Waals surface area contributed by atoms with E-state index in [0.717, 1.165) is 22.5 Å². The number of hydrogen-bond donors (Lipinski definition) is 1. The van der Waals surface area contributed by atoms with Crippen molar-refractivity contribution in [3.05, 3.63) is 53.9 Å². The summed E-state index contributed by atoms with van der Waals surface area (Å²) in [7, 11) is 0. The van der Waals surface area contributed by atoms with Crippen molar-refractivity contribution in [2.75, 3.05) is 6.54 Å². The van der Waals surface area contributed by atoms with E-state index >= 15 is 0 Å². The lowest BCUT2D eigenvalue weighted by Crippen LogP contribution is -2.38. The molecule has 0 aliphatic rings. The largest absolute Gasteiger partial charge is 0.435 e. The third-order valence-electron chi connectivity index (χ3n) is 3.28. The van der Waals surface area contributed by atoms with Crippen molar-refractivity contribution >= 4 is 5.91 Å². The lowest BCUT2D eigenvalue weighted by molar-refractivity contribution is -0.142. The molecule has 130 valence electrons. The van der Waals surface area contributed by atoms with Gasteiger partial charge in [0.15, 0.2) is 5.69 Å². The van der Waals surface area contributed by atoms with Crippen LogP contribution in [0.25, 0.3) is 0 Å². The maximum Gasteiger partial charge on any atom is 0.435 e. The highest BCUT2D eigenvalue weighted by Crippen LogP contribution is 2.27. The minimum Gasteiger partial charge on any atom is -0.392 e. The van der Waals surface area contributed by atoms with Crippen LogP contribution in [-0.2, 0) is 24.1 Å². The molecule has 0 unspecified atom stereocenters. The normalized spacial score (nSPS) is 12.9. The molecule has 0 aliphatic carbocycles. The van der Waals surface area contributed by atoms with E-state index in [0.29, 0.717) is 0 Å². The van der Waals surface area contributed by atoms with Gasteiger partial charge in [-0.25, -0.2) is 0 Å². The van der Waals surface area contributed by atoms with Crippen LogP contribution in [0.1, 0.15) is 18.2 Å². The fourth-order valence-electron chi connectivity index (χ4n) is 2.22. The second-order valence-electron chi connectivity index (χ2n) is 5.51. The van der Waals surface area contributed by atoms with Crippen molar-refractivity contribution in [3.8, 4) is 0 Å². The third kappa shape index (κ3) is 5.09. The summed E-state index contributed by atoms with van der Waals surface area (Å²) in [6, 6.07) is 9.97. The SMILES string of the molecule is C[C@H](O)CN(Cc1ccccc1)C(=O)Cn1ccc(C(F)(F)F)n1. The molecule has 2 rings (SSSR count). The number of amides is 1. The Morgan fingerprint density at radius 1 is 1.29 bits per heavy atom. The molecule has 0 saturated carbocycles. The molecule has 8 heteroatoms. The van der Waals surface area contributed by atoms with Gasteiger partial charge in [-0.15, -0.1) is 0 Å². The minimum absolute atomic E-state index is 0.0844. The second-order valence-corrected chi connectivity index (χ2v) is 5.51. The molecule has 24 heavy (non-hydrogen) atoms. The monoisotopic (exact) mass is 341 g/mol. The van der Waals surface area contributed by atoms with Gasteiger partial charge < -0.3 is 10.0 Å². The predicted octanol–water partition coefficient (Wildman–Crippen LogP) is 2.31. The molecule has 1 atom stereocenters. The van der Waals surface area contributed by atoms with Crippen LogP contribution in [0.15, 0.2) is 42.6 Å². The molecule has 0 bridgehead atoms. The third-order valence-corrected chi connectivity index (χ3v) is 3.28. The summed E-state index contributed by atoms with van der Waals surface area (Å²) in [4.78, 5) is 13.8. The van der Waals surface area contributed by atoms with Gasteiger partial charge in [-0.2, -0.15) is 18.3 Å². The predicted molar refractivity (Wildman–Crippen MR) is 80.8 cm³/mol. The zero-order valence-corrected chi connectivity index (χ0v) is 13.1. The Morgan fingerprint density at radius 2 is 1.96 bits per heavy atom. The molecule has 0 fully saturated rings. The molecule has 0 radical (unpaired) electrons. The van der Waals surface area contributed by atoms with Gasteiger partial charge in [0.25, 0.3) is 0 Å². The van der Waals surface area contributed by atoms with Crippen molar-refractivity contribution in [1.29, 1.82) is 0 Å². The van der Waals surface area contributed by atoms with Gasteiger partial charge in [-0.05, 0) is 18.6 Å². The minimum atomic E-state index is -4.54. The number of halogens is 3. The van der Waals surface area contributed by atoms with Crippen LogP contribution in [0.5, 0.6) is 0 Å². The van der Waals surface area contributed by atoms with Gasteiger partial charge in [-0.1, -0.05) is 30.3 Å². The second kappa shape index (κ2) is 7.48. The van der Waals surface area contributed by atoms with Crippen molar-refractivity contribution in [2.24, 2.45) is 0 Å². The Balaban J connectivity index is 2.08.